The molecule has 3 aromatic carbocycles. The van der Waals surface area contributed by atoms with Gasteiger partial charge in [0.15, 0.2) is 0 Å². The fourth-order valence-electron chi connectivity index (χ4n) is 4.59. The molecule has 9 heteroatoms. The SMILES string of the molecule is C=CCC1OC(c2cccc(Cl)c2)C(c2ccc(Cl)cc2)N(C(C(=O)NNC(C)=O)c2ccccc2)C1=O. The van der Waals surface area contributed by atoms with Gasteiger partial charge in [-0.05, 0) is 41.0 Å². The molecule has 7 nitrogen and oxygen atoms in total. The third kappa shape index (κ3) is 6.07. The first-order valence-electron chi connectivity index (χ1n) is 12.0. The largest absolute Gasteiger partial charge is 0.358 e. The number of benzene rings is 3. The van der Waals surface area contributed by atoms with Crippen molar-refractivity contribution in [2.45, 2.75) is 37.6 Å². The summed E-state index contributed by atoms with van der Waals surface area (Å²) >= 11 is 12.5. The number of halogens is 2. The normalized spacial score (nSPS) is 19.9. The van der Waals surface area contributed by atoms with E-state index in [9.17, 15) is 14.4 Å². The van der Waals surface area contributed by atoms with E-state index in [1.807, 2.05) is 12.1 Å². The van der Waals surface area contributed by atoms with Crippen LogP contribution >= 0.6 is 23.2 Å². The number of nitrogens with one attached hydrogen (secondary N) is 2. The maximum absolute atomic E-state index is 14.1. The molecule has 1 heterocycles. The molecule has 4 rings (SSSR count). The Kier molecular flexibility index (Phi) is 8.84. The second-order valence-corrected chi connectivity index (χ2v) is 9.72. The van der Waals surface area contributed by atoms with Crippen LogP contribution in [0.25, 0.3) is 0 Å². The van der Waals surface area contributed by atoms with Crippen molar-refractivity contribution in [3.8, 4) is 0 Å². The van der Waals surface area contributed by atoms with Crippen LogP contribution in [-0.4, -0.2) is 28.7 Å². The second-order valence-electron chi connectivity index (χ2n) is 8.85. The van der Waals surface area contributed by atoms with Gasteiger partial charge in [0, 0.05) is 23.4 Å². The summed E-state index contributed by atoms with van der Waals surface area (Å²) in [5, 5.41) is 1.03. The number of rotatable bonds is 7. The molecule has 1 aliphatic rings. The molecule has 1 fully saturated rings. The number of carbonyl (C=O) groups is 3. The van der Waals surface area contributed by atoms with Crippen LogP contribution in [0.4, 0.5) is 0 Å². The number of morpholine rings is 1. The smallest absolute Gasteiger partial charge is 0.265 e. The van der Waals surface area contributed by atoms with Crippen LogP contribution in [0.2, 0.25) is 10.0 Å². The Morgan fingerprint density at radius 2 is 1.68 bits per heavy atom. The first-order chi connectivity index (χ1) is 18.3. The van der Waals surface area contributed by atoms with Gasteiger partial charge in [-0.15, -0.1) is 6.58 Å². The topological polar surface area (TPSA) is 87.7 Å². The van der Waals surface area contributed by atoms with Gasteiger partial charge in [0.1, 0.15) is 18.2 Å². The Morgan fingerprint density at radius 3 is 2.32 bits per heavy atom. The summed E-state index contributed by atoms with van der Waals surface area (Å²) in [6.07, 6.45) is 0.249. The highest BCUT2D eigenvalue weighted by molar-refractivity contribution is 6.30. The highest BCUT2D eigenvalue weighted by Crippen LogP contribution is 2.47. The standard InChI is InChI=1S/C29H27Cl2N3O4/c1-3-8-24-29(37)34(26(19-9-5-4-6-10-19)28(36)33-32-18(2)35)25(20-13-15-22(30)16-14-20)27(38-24)21-11-7-12-23(31)17-21/h3-7,9-17,24-27H,1,8H2,2H3,(H,32,35)(H,33,36). The van der Waals surface area contributed by atoms with Crippen LogP contribution in [0.15, 0.2) is 91.5 Å². The lowest BCUT2D eigenvalue weighted by Crippen LogP contribution is -2.56. The van der Waals surface area contributed by atoms with E-state index in [0.717, 1.165) is 5.56 Å². The molecule has 0 aromatic heterocycles. The van der Waals surface area contributed by atoms with E-state index in [4.69, 9.17) is 27.9 Å². The lowest BCUT2D eigenvalue weighted by molar-refractivity contribution is -0.181. The van der Waals surface area contributed by atoms with Gasteiger partial charge in [-0.25, -0.2) is 0 Å². The van der Waals surface area contributed by atoms with Gasteiger partial charge >= 0.3 is 0 Å². The molecule has 3 aromatic rings. The first-order valence-corrected chi connectivity index (χ1v) is 12.8. The molecule has 2 N–H and O–H groups in total. The zero-order chi connectivity index (χ0) is 27.2. The zero-order valence-corrected chi connectivity index (χ0v) is 22.2. The number of hydrogen-bond acceptors (Lipinski definition) is 4. The lowest BCUT2D eigenvalue weighted by atomic mass is 9.88. The van der Waals surface area contributed by atoms with Crippen LogP contribution in [0.1, 0.15) is 48.2 Å². The molecule has 4 unspecified atom stereocenters. The van der Waals surface area contributed by atoms with Crippen molar-refractivity contribution in [1.29, 1.82) is 0 Å². The van der Waals surface area contributed by atoms with Crippen molar-refractivity contribution in [1.82, 2.24) is 15.8 Å². The number of carbonyl (C=O) groups excluding carboxylic acids is 3. The fourth-order valence-corrected chi connectivity index (χ4v) is 4.91. The van der Waals surface area contributed by atoms with Crippen LogP contribution < -0.4 is 10.9 Å². The highest BCUT2D eigenvalue weighted by Gasteiger charge is 2.48. The minimum atomic E-state index is -1.10. The summed E-state index contributed by atoms with van der Waals surface area (Å²) in [6.45, 7) is 5.07. The van der Waals surface area contributed by atoms with E-state index in [-0.39, 0.29) is 6.42 Å². The number of nitrogens with zero attached hydrogens (tertiary/aromatic N) is 1. The predicted molar refractivity (Wildman–Crippen MR) is 146 cm³/mol. The van der Waals surface area contributed by atoms with Crippen molar-refractivity contribution in [3.05, 3.63) is 118 Å². The van der Waals surface area contributed by atoms with Crippen LogP contribution in [0, 0.1) is 0 Å². The number of hydrogen-bond donors (Lipinski definition) is 2. The third-order valence-corrected chi connectivity index (χ3v) is 6.69. The van der Waals surface area contributed by atoms with Crippen molar-refractivity contribution < 1.29 is 19.1 Å². The molecule has 0 spiro atoms. The van der Waals surface area contributed by atoms with E-state index in [2.05, 4.69) is 17.4 Å². The first kappa shape index (κ1) is 27.4. The van der Waals surface area contributed by atoms with Gasteiger partial charge in [0.2, 0.25) is 5.91 Å². The summed E-state index contributed by atoms with van der Waals surface area (Å²) in [5.74, 6) is -1.42. The van der Waals surface area contributed by atoms with Crippen LogP contribution in [-0.2, 0) is 19.1 Å². The number of amides is 3. The van der Waals surface area contributed by atoms with Gasteiger partial charge in [-0.1, -0.05) is 83.9 Å². The second kappa shape index (κ2) is 12.3. The summed E-state index contributed by atoms with van der Waals surface area (Å²) in [4.78, 5) is 40.9. The Bertz CT molecular complexity index is 1320. The molecule has 4 atom stereocenters. The molecule has 196 valence electrons. The Balaban J connectivity index is 1.93. The summed E-state index contributed by atoms with van der Waals surface area (Å²) in [6, 6.07) is 21.3. The van der Waals surface area contributed by atoms with E-state index in [1.54, 1.807) is 72.8 Å². The highest BCUT2D eigenvalue weighted by atomic mass is 35.5. The van der Waals surface area contributed by atoms with E-state index in [0.29, 0.717) is 21.2 Å². The minimum Gasteiger partial charge on any atom is -0.358 e. The molecule has 0 aliphatic carbocycles. The number of ether oxygens (including phenoxy) is 1. The zero-order valence-electron chi connectivity index (χ0n) is 20.6. The molecule has 0 saturated carbocycles. The molecule has 1 aliphatic heterocycles. The molecular weight excluding hydrogens is 525 g/mol. The monoisotopic (exact) mass is 551 g/mol. The van der Waals surface area contributed by atoms with Gasteiger partial charge in [-0.3, -0.25) is 25.2 Å². The Hall–Kier alpha value is -3.65. The van der Waals surface area contributed by atoms with E-state index in [1.165, 1.54) is 11.8 Å². The van der Waals surface area contributed by atoms with E-state index >= 15 is 0 Å². The number of hydrazine groups is 1. The Morgan fingerprint density at radius 1 is 0.974 bits per heavy atom. The van der Waals surface area contributed by atoms with Crippen molar-refractivity contribution in [3.63, 3.8) is 0 Å². The maximum Gasteiger partial charge on any atom is 0.265 e. The van der Waals surface area contributed by atoms with Crippen LogP contribution in [0.3, 0.4) is 0 Å². The van der Waals surface area contributed by atoms with Gasteiger partial charge in [0.05, 0.1) is 6.04 Å². The van der Waals surface area contributed by atoms with Crippen molar-refractivity contribution >= 4 is 40.9 Å². The van der Waals surface area contributed by atoms with Gasteiger partial charge in [0.25, 0.3) is 11.8 Å². The van der Waals surface area contributed by atoms with Gasteiger partial charge in [-0.2, -0.15) is 0 Å². The molecule has 38 heavy (non-hydrogen) atoms. The van der Waals surface area contributed by atoms with Gasteiger partial charge < -0.3 is 9.64 Å². The van der Waals surface area contributed by atoms with Crippen molar-refractivity contribution in [2.75, 3.05) is 0 Å². The predicted octanol–water partition coefficient (Wildman–Crippen LogP) is 5.49. The summed E-state index contributed by atoms with van der Waals surface area (Å²) < 4.78 is 6.42. The van der Waals surface area contributed by atoms with E-state index < -0.39 is 42.0 Å². The minimum absolute atomic E-state index is 0.231. The van der Waals surface area contributed by atoms with Crippen molar-refractivity contribution in [2.24, 2.45) is 0 Å². The molecule has 0 radical (unpaired) electrons. The molecule has 3 amide bonds. The lowest BCUT2D eigenvalue weighted by Gasteiger charge is -2.47. The average molecular weight is 552 g/mol. The Labute approximate surface area is 231 Å². The summed E-state index contributed by atoms with van der Waals surface area (Å²) in [7, 11) is 0. The quantitative estimate of drug-likeness (QED) is 0.300. The summed E-state index contributed by atoms with van der Waals surface area (Å²) in [5.41, 5.74) is 6.80. The third-order valence-electron chi connectivity index (χ3n) is 6.20. The fraction of sp³-hybridized carbons (Fsp3) is 0.207. The molecule has 0 bridgehead atoms. The average Bonchev–Trinajstić information content (AvgIpc) is 2.91. The molecular formula is C29H27Cl2N3O4. The van der Waals surface area contributed by atoms with Crippen LogP contribution in [0.5, 0.6) is 0 Å². The molecule has 1 saturated heterocycles. The maximum atomic E-state index is 14.1.